The van der Waals surface area contributed by atoms with E-state index in [0.717, 1.165) is 88.6 Å². The third kappa shape index (κ3) is 2.73. The Bertz CT molecular complexity index is 1810. The van der Waals surface area contributed by atoms with Gasteiger partial charge < -0.3 is 28.4 Å². The van der Waals surface area contributed by atoms with Gasteiger partial charge in [-0.3, -0.25) is 14.6 Å². The zero-order valence-electron chi connectivity index (χ0n) is 27.3. The molecule has 7 heterocycles. The van der Waals surface area contributed by atoms with Crippen LogP contribution in [-0.2, 0) is 47.4 Å². The van der Waals surface area contributed by atoms with Crippen LogP contribution in [0.15, 0.2) is 24.3 Å². The quantitative estimate of drug-likeness (QED) is 0.430. The number of piperidine rings is 2. The van der Waals surface area contributed by atoms with Crippen molar-refractivity contribution in [2.75, 3.05) is 39.8 Å². The lowest BCUT2D eigenvalue weighted by molar-refractivity contribution is -0.283. The maximum atomic E-state index is 12.7. The van der Waals surface area contributed by atoms with Crippen molar-refractivity contribution in [2.24, 2.45) is 0 Å². The molecule has 7 aliphatic heterocycles. The van der Waals surface area contributed by atoms with Crippen LogP contribution in [0.1, 0.15) is 71.9 Å². The fourth-order valence-electron chi connectivity index (χ4n) is 13.3. The van der Waals surface area contributed by atoms with E-state index in [-0.39, 0.29) is 40.0 Å². The van der Waals surface area contributed by atoms with Crippen molar-refractivity contribution < 1.29 is 33.2 Å². The van der Waals surface area contributed by atoms with Crippen LogP contribution in [0.25, 0.3) is 0 Å². The third-order valence-electron chi connectivity index (χ3n) is 15.1. The van der Waals surface area contributed by atoms with E-state index in [1.807, 2.05) is 0 Å². The number of hydrogen-bond acceptors (Lipinski definition) is 9. The van der Waals surface area contributed by atoms with E-state index in [9.17, 15) is 4.79 Å². The van der Waals surface area contributed by atoms with Gasteiger partial charge in [-0.05, 0) is 74.6 Å². The minimum atomic E-state index is -0.593. The van der Waals surface area contributed by atoms with Gasteiger partial charge in [0.25, 0.3) is 0 Å². The highest BCUT2D eigenvalue weighted by Gasteiger charge is 2.80. The van der Waals surface area contributed by atoms with Crippen molar-refractivity contribution in [3.63, 3.8) is 0 Å². The molecular formula is C38H42N2O7. The molecule has 7 fully saturated rings. The average Bonchev–Trinajstić information content (AvgIpc) is 3.86. The van der Waals surface area contributed by atoms with Gasteiger partial charge in [0.05, 0.1) is 29.6 Å². The summed E-state index contributed by atoms with van der Waals surface area (Å²) in [5.41, 5.74) is 7.28. The fourth-order valence-corrected chi connectivity index (χ4v) is 13.3. The van der Waals surface area contributed by atoms with Gasteiger partial charge in [-0.25, -0.2) is 0 Å². The fraction of sp³-hybridized carbons (Fsp3) is 0.658. The molecule has 246 valence electrons. The van der Waals surface area contributed by atoms with Crippen molar-refractivity contribution in [2.45, 2.75) is 117 Å². The van der Waals surface area contributed by atoms with E-state index in [2.05, 4.69) is 47.9 Å². The van der Waals surface area contributed by atoms with Crippen LogP contribution in [0.3, 0.4) is 0 Å². The van der Waals surface area contributed by atoms with Crippen LogP contribution in [-0.4, -0.2) is 96.6 Å². The summed E-state index contributed by atoms with van der Waals surface area (Å²) in [6, 6.07) is 9.83. The second-order valence-corrected chi connectivity index (χ2v) is 16.3. The van der Waals surface area contributed by atoms with Gasteiger partial charge in [0.1, 0.15) is 30.6 Å². The van der Waals surface area contributed by atoms with Crippen molar-refractivity contribution in [3.05, 3.63) is 57.6 Å². The molecule has 9 heteroatoms. The van der Waals surface area contributed by atoms with Crippen molar-refractivity contribution >= 4 is 5.78 Å². The highest BCUT2D eigenvalue weighted by molar-refractivity contribution is 5.90. The molecule has 5 spiro atoms. The topological polar surface area (TPSA) is 78.9 Å². The Hall–Kier alpha value is -2.53. The van der Waals surface area contributed by atoms with Gasteiger partial charge >= 0.3 is 0 Å². The number of rotatable bonds is 0. The van der Waals surface area contributed by atoms with E-state index in [0.29, 0.717) is 31.7 Å². The second-order valence-electron chi connectivity index (χ2n) is 16.3. The van der Waals surface area contributed by atoms with E-state index in [1.54, 1.807) is 0 Å². The van der Waals surface area contributed by atoms with Gasteiger partial charge in [-0.15, -0.1) is 0 Å². The maximum absolute atomic E-state index is 12.7. The van der Waals surface area contributed by atoms with Crippen molar-refractivity contribution in [3.8, 4) is 11.5 Å². The van der Waals surface area contributed by atoms with Crippen molar-refractivity contribution in [1.82, 2.24) is 9.80 Å². The largest absolute Gasteiger partial charge is 0.483 e. The first-order chi connectivity index (χ1) is 22.9. The molecule has 47 heavy (non-hydrogen) atoms. The molecule has 13 rings (SSSR count). The summed E-state index contributed by atoms with van der Waals surface area (Å²) in [6.07, 6.45) is 7.10. The molecule has 2 saturated carbocycles. The number of nitrogens with zero attached hydrogens (tertiary/aromatic N) is 2. The van der Waals surface area contributed by atoms with Gasteiger partial charge in [0.2, 0.25) is 5.79 Å². The molecule has 11 aliphatic rings. The number of ketones is 1. The summed E-state index contributed by atoms with van der Waals surface area (Å²) in [6.45, 7) is 9.17. The first-order valence-electron chi connectivity index (χ1n) is 18.0. The Morgan fingerprint density at radius 2 is 1.28 bits per heavy atom. The summed E-state index contributed by atoms with van der Waals surface area (Å²) in [5, 5.41) is 0. The SMILES string of the molecule is Cc1ccc2c3c1O[C@H]1C(=O)CC[C@]45OCN(CC[C@]314)[C@@H]5C2.Cc1ccc2c3c1O[C@H]1C4(CC[C@]56OCN(CC[C@]315)[C@@H]6C2)OCCO4. The molecule has 0 N–H and O–H groups in total. The van der Waals surface area contributed by atoms with E-state index in [1.165, 1.54) is 27.8 Å². The number of benzene rings is 2. The third-order valence-corrected chi connectivity index (χ3v) is 15.1. The Labute approximate surface area is 274 Å². The Balaban J connectivity index is 0.000000111. The van der Waals surface area contributed by atoms with Gasteiger partial charge in [0.15, 0.2) is 18.0 Å². The Morgan fingerprint density at radius 3 is 1.96 bits per heavy atom. The first kappa shape index (κ1) is 27.3. The lowest BCUT2D eigenvalue weighted by Crippen LogP contribution is -2.76. The molecule has 0 aromatic heterocycles. The second kappa shape index (κ2) is 8.42. The zero-order chi connectivity index (χ0) is 31.1. The molecule has 5 saturated heterocycles. The summed E-state index contributed by atoms with van der Waals surface area (Å²) < 4.78 is 38.7. The smallest absolute Gasteiger partial charge is 0.207 e. The van der Waals surface area contributed by atoms with E-state index >= 15 is 0 Å². The van der Waals surface area contributed by atoms with E-state index < -0.39 is 5.79 Å². The highest BCUT2D eigenvalue weighted by atomic mass is 16.8. The van der Waals surface area contributed by atoms with Gasteiger partial charge in [-0.2, -0.15) is 0 Å². The monoisotopic (exact) mass is 638 g/mol. The summed E-state index contributed by atoms with van der Waals surface area (Å²) in [4.78, 5) is 17.7. The Kier molecular flexibility index (Phi) is 4.90. The first-order valence-corrected chi connectivity index (χ1v) is 18.0. The maximum Gasteiger partial charge on any atom is 0.207 e. The average molecular weight is 639 g/mol. The van der Waals surface area contributed by atoms with Crippen molar-refractivity contribution in [1.29, 1.82) is 0 Å². The number of ether oxygens (including phenoxy) is 6. The minimum absolute atomic E-state index is 0.0888. The lowest BCUT2D eigenvalue weighted by atomic mass is 9.48. The number of carbonyl (C=O) groups is 1. The summed E-state index contributed by atoms with van der Waals surface area (Å²) >= 11 is 0. The highest BCUT2D eigenvalue weighted by Crippen LogP contribution is 2.70. The number of aryl methyl sites for hydroxylation is 2. The van der Waals surface area contributed by atoms with Gasteiger partial charge in [-0.1, -0.05) is 24.3 Å². The van der Waals surface area contributed by atoms with Gasteiger partial charge in [0, 0.05) is 49.1 Å². The normalized spacial score (nSPS) is 46.7. The van der Waals surface area contributed by atoms with Crippen LogP contribution in [0.4, 0.5) is 0 Å². The van der Waals surface area contributed by atoms with Crippen LogP contribution in [0, 0.1) is 13.8 Å². The number of hydrogen-bond donors (Lipinski definition) is 0. The lowest BCUT2D eigenvalue weighted by Gasteiger charge is -2.62. The number of carbonyl (C=O) groups excluding carboxylic acids is 1. The summed E-state index contributed by atoms with van der Waals surface area (Å²) in [5.74, 6) is 1.75. The minimum Gasteiger partial charge on any atom is -0.483 e. The van der Waals surface area contributed by atoms with Crippen LogP contribution >= 0.6 is 0 Å². The van der Waals surface area contributed by atoms with Crippen LogP contribution in [0.2, 0.25) is 0 Å². The molecule has 8 bridgehead atoms. The predicted octanol–water partition coefficient (Wildman–Crippen LogP) is 3.60. The Morgan fingerprint density at radius 1 is 0.681 bits per heavy atom. The van der Waals surface area contributed by atoms with Crippen LogP contribution in [0.5, 0.6) is 11.5 Å². The molecule has 0 radical (unpaired) electrons. The predicted molar refractivity (Wildman–Crippen MR) is 168 cm³/mol. The molecule has 10 atom stereocenters. The molecule has 2 aromatic rings. The molecule has 4 aliphatic carbocycles. The molecule has 9 nitrogen and oxygen atoms in total. The number of fused-ring (bicyclic) bond motifs is 1. The molecule has 0 amide bonds. The number of Topliss-reactive ketones (excluding diaryl/α,β-unsaturated/α-hetero) is 1. The van der Waals surface area contributed by atoms with E-state index in [4.69, 9.17) is 28.4 Å². The van der Waals surface area contributed by atoms with Crippen LogP contribution < -0.4 is 9.47 Å². The summed E-state index contributed by atoms with van der Waals surface area (Å²) in [7, 11) is 0. The molecular weight excluding hydrogens is 596 g/mol. The standard InChI is InChI=1S/C20H23NO4.C18H19NO3/c1-12-2-3-13-10-14-19-4-5-20(22-8-9-23-20)17-18(19,15(13)16(12)25-17)6-7-21(14)11-24-19;1-10-2-3-11-8-13-18-5-4-12(20)16-17(18,14(11)15(10)22-16)6-7-19(13)9-21-18/h2-3,14,17H,4-11H2,1H3;2-3,13,16H,4-9H2,1H3/t14-,17-,18+,19-;13-,16+,17+,18-/m11/s1. The molecule has 2 unspecified atom stereocenters. The molecule has 2 aromatic carbocycles. The zero-order valence-corrected chi connectivity index (χ0v) is 27.3.